The zero-order valence-corrected chi connectivity index (χ0v) is 11.7. The van der Waals surface area contributed by atoms with Crippen LogP contribution in [0.15, 0.2) is 42.5 Å². The number of amides is 1. The van der Waals surface area contributed by atoms with Crippen molar-refractivity contribution >= 4 is 16.7 Å². The van der Waals surface area contributed by atoms with E-state index < -0.39 is 0 Å². The molecule has 106 valence electrons. The molecular formula is C16H20N2O2. The van der Waals surface area contributed by atoms with Gasteiger partial charge in [-0.05, 0) is 29.4 Å². The summed E-state index contributed by atoms with van der Waals surface area (Å²) < 4.78 is 5.50. The molecule has 0 aliphatic rings. The van der Waals surface area contributed by atoms with E-state index in [0.29, 0.717) is 12.3 Å². The van der Waals surface area contributed by atoms with Gasteiger partial charge in [-0.2, -0.15) is 0 Å². The molecule has 0 radical (unpaired) electrons. The van der Waals surface area contributed by atoms with E-state index in [1.165, 1.54) is 0 Å². The van der Waals surface area contributed by atoms with E-state index >= 15 is 0 Å². The first kappa shape index (κ1) is 14.3. The lowest BCUT2D eigenvalue weighted by atomic mass is 10.1. The summed E-state index contributed by atoms with van der Waals surface area (Å²) in [6.07, 6.45) is 0. The zero-order valence-electron chi connectivity index (χ0n) is 11.7. The highest BCUT2D eigenvalue weighted by atomic mass is 16.5. The molecular weight excluding hydrogens is 252 g/mol. The molecule has 2 aromatic carbocycles. The monoisotopic (exact) mass is 272 g/mol. The van der Waals surface area contributed by atoms with Crippen LogP contribution in [0.3, 0.4) is 0 Å². The van der Waals surface area contributed by atoms with E-state index in [1.807, 2.05) is 49.4 Å². The van der Waals surface area contributed by atoms with Crippen molar-refractivity contribution in [2.75, 3.05) is 26.2 Å². The predicted octanol–water partition coefficient (Wildman–Crippen LogP) is 1.94. The molecule has 4 heteroatoms. The number of hydrogen-bond donors (Lipinski definition) is 2. The summed E-state index contributed by atoms with van der Waals surface area (Å²) in [4.78, 5) is 11.6. The standard InChI is InChI=1S/C16H20N2O2/c1-2-17-9-10-18-16(19)12-20-15-8-7-13-5-3-4-6-14(13)11-15/h3-8,11,17H,2,9-10,12H2,1H3,(H,18,19). The molecule has 0 unspecified atom stereocenters. The van der Waals surface area contributed by atoms with Crippen LogP contribution in [0.5, 0.6) is 5.75 Å². The Morgan fingerprint density at radius 2 is 1.90 bits per heavy atom. The Morgan fingerprint density at radius 3 is 2.70 bits per heavy atom. The van der Waals surface area contributed by atoms with Crippen LogP contribution in [0.1, 0.15) is 6.92 Å². The van der Waals surface area contributed by atoms with Gasteiger partial charge in [-0.25, -0.2) is 0 Å². The van der Waals surface area contributed by atoms with Crippen molar-refractivity contribution in [2.24, 2.45) is 0 Å². The number of benzene rings is 2. The van der Waals surface area contributed by atoms with Crippen molar-refractivity contribution in [1.29, 1.82) is 0 Å². The van der Waals surface area contributed by atoms with Gasteiger partial charge in [-0.3, -0.25) is 4.79 Å². The first-order valence-corrected chi connectivity index (χ1v) is 6.88. The Labute approximate surface area is 119 Å². The van der Waals surface area contributed by atoms with Gasteiger partial charge in [0.25, 0.3) is 5.91 Å². The van der Waals surface area contributed by atoms with Gasteiger partial charge >= 0.3 is 0 Å². The molecule has 0 saturated carbocycles. The van der Waals surface area contributed by atoms with Gasteiger partial charge < -0.3 is 15.4 Å². The fraction of sp³-hybridized carbons (Fsp3) is 0.312. The molecule has 0 aliphatic heterocycles. The minimum absolute atomic E-state index is 0.0461. The Hall–Kier alpha value is -2.07. The van der Waals surface area contributed by atoms with Crippen LogP contribution in [0.4, 0.5) is 0 Å². The number of carbonyl (C=O) groups excluding carboxylic acids is 1. The Morgan fingerprint density at radius 1 is 1.10 bits per heavy atom. The van der Waals surface area contributed by atoms with Crippen molar-refractivity contribution in [3.05, 3.63) is 42.5 Å². The molecule has 0 bridgehead atoms. The third-order valence-corrected chi connectivity index (χ3v) is 2.96. The highest BCUT2D eigenvalue weighted by Crippen LogP contribution is 2.20. The minimum Gasteiger partial charge on any atom is -0.484 e. The summed E-state index contributed by atoms with van der Waals surface area (Å²) in [7, 11) is 0. The topological polar surface area (TPSA) is 50.4 Å². The van der Waals surface area contributed by atoms with Crippen LogP contribution >= 0.6 is 0 Å². The minimum atomic E-state index is -0.101. The normalized spacial score (nSPS) is 10.4. The van der Waals surface area contributed by atoms with Gasteiger partial charge in [0.2, 0.25) is 0 Å². The average molecular weight is 272 g/mol. The summed E-state index contributed by atoms with van der Waals surface area (Å²) in [6.45, 7) is 4.38. The predicted molar refractivity (Wildman–Crippen MR) is 81.0 cm³/mol. The van der Waals surface area contributed by atoms with Crippen molar-refractivity contribution < 1.29 is 9.53 Å². The van der Waals surface area contributed by atoms with Crippen molar-refractivity contribution in [1.82, 2.24) is 10.6 Å². The van der Waals surface area contributed by atoms with E-state index in [2.05, 4.69) is 10.6 Å². The second kappa shape index (κ2) is 7.50. The fourth-order valence-corrected chi connectivity index (χ4v) is 1.92. The molecule has 20 heavy (non-hydrogen) atoms. The molecule has 2 N–H and O–H groups in total. The Kier molecular flexibility index (Phi) is 5.38. The average Bonchev–Trinajstić information content (AvgIpc) is 2.49. The summed E-state index contributed by atoms with van der Waals surface area (Å²) in [6, 6.07) is 13.9. The molecule has 2 aromatic rings. The fourth-order valence-electron chi connectivity index (χ4n) is 1.92. The summed E-state index contributed by atoms with van der Waals surface area (Å²) in [5.74, 6) is 0.613. The van der Waals surface area contributed by atoms with Crippen LogP contribution in [-0.2, 0) is 4.79 Å². The molecule has 0 atom stereocenters. The van der Waals surface area contributed by atoms with E-state index in [4.69, 9.17) is 4.74 Å². The van der Waals surface area contributed by atoms with Gasteiger partial charge in [0, 0.05) is 13.1 Å². The second-order valence-electron chi connectivity index (χ2n) is 4.50. The van der Waals surface area contributed by atoms with E-state index in [1.54, 1.807) is 0 Å². The van der Waals surface area contributed by atoms with E-state index in [0.717, 1.165) is 23.9 Å². The maximum atomic E-state index is 11.6. The maximum absolute atomic E-state index is 11.6. The molecule has 0 fully saturated rings. The smallest absolute Gasteiger partial charge is 0.257 e. The number of ether oxygens (including phenoxy) is 1. The van der Waals surface area contributed by atoms with E-state index in [9.17, 15) is 4.79 Å². The third-order valence-electron chi connectivity index (χ3n) is 2.96. The number of hydrogen-bond acceptors (Lipinski definition) is 3. The van der Waals surface area contributed by atoms with Crippen LogP contribution in [-0.4, -0.2) is 32.1 Å². The summed E-state index contributed by atoms with van der Waals surface area (Å²) >= 11 is 0. The SMILES string of the molecule is CCNCCNC(=O)COc1ccc2ccccc2c1. The zero-order chi connectivity index (χ0) is 14.2. The molecule has 2 rings (SSSR count). The number of fused-ring (bicyclic) bond motifs is 1. The Bertz CT molecular complexity index is 569. The first-order valence-electron chi connectivity index (χ1n) is 6.88. The quantitative estimate of drug-likeness (QED) is 0.757. The number of rotatable bonds is 7. The van der Waals surface area contributed by atoms with Gasteiger partial charge in [0.05, 0.1) is 0 Å². The van der Waals surface area contributed by atoms with Crippen LogP contribution < -0.4 is 15.4 Å². The Balaban J connectivity index is 1.81. The van der Waals surface area contributed by atoms with Gasteiger partial charge in [0.1, 0.15) is 5.75 Å². The van der Waals surface area contributed by atoms with E-state index in [-0.39, 0.29) is 12.5 Å². The molecule has 0 heterocycles. The highest BCUT2D eigenvalue weighted by molar-refractivity contribution is 5.84. The molecule has 0 aliphatic carbocycles. The molecule has 0 aromatic heterocycles. The summed E-state index contributed by atoms with van der Waals surface area (Å²) in [5.41, 5.74) is 0. The maximum Gasteiger partial charge on any atom is 0.257 e. The van der Waals surface area contributed by atoms with Crippen molar-refractivity contribution in [3.8, 4) is 5.75 Å². The van der Waals surface area contributed by atoms with Gasteiger partial charge in [0.15, 0.2) is 6.61 Å². The van der Waals surface area contributed by atoms with Gasteiger partial charge in [-0.15, -0.1) is 0 Å². The molecule has 4 nitrogen and oxygen atoms in total. The molecule has 0 saturated heterocycles. The number of nitrogens with one attached hydrogen (secondary N) is 2. The van der Waals surface area contributed by atoms with Crippen LogP contribution in [0.25, 0.3) is 10.8 Å². The number of likely N-dealkylation sites (N-methyl/N-ethyl adjacent to an activating group) is 1. The summed E-state index contributed by atoms with van der Waals surface area (Å²) in [5, 5.41) is 8.21. The molecule has 1 amide bonds. The largest absolute Gasteiger partial charge is 0.484 e. The third kappa shape index (κ3) is 4.24. The second-order valence-corrected chi connectivity index (χ2v) is 4.50. The number of carbonyl (C=O) groups is 1. The van der Waals surface area contributed by atoms with Crippen molar-refractivity contribution in [3.63, 3.8) is 0 Å². The van der Waals surface area contributed by atoms with Gasteiger partial charge in [-0.1, -0.05) is 37.3 Å². The lowest BCUT2D eigenvalue weighted by molar-refractivity contribution is -0.123. The lowest BCUT2D eigenvalue weighted by Crippen LogP contribution is -2.34. The van der Waals surface area contributed by atoms with Crippen LogP contribution in [0.2, 0.25) is 0 Å². The van der Waals surface area contributed by atoms with Crippen LogP contribution in [0, 0.1) is 0 Å². The first-order chi connectivity index (χ1) is 9.79. The van der Waals surface area contributed by atoms with Crippen molar-refractivity contribution in [2.45, 2.75) is 6.92 Å². The highest BCUT2D eigenvalue weighted by Gasteiger charge is 2.02. The lowest BCUT2D eigenvalue weighted by Gasteiger charge is -2.08. The molecule has 0 spiro atoms.